The van der Waals surface area contributed by atoms with E-state index in [1.807, 2.05) is 19.2 Å². The molecule has 132 valence electrons. The van der Waals surface area contributed by atoms with Crippen molar-refractivity contribution in [2.24, 2.45) is 12.0 Å². The molecule has 2 aromatic heterocycles. The molecule has 2 aliphatic rings. The van der Waals surface area contributed by atoms with E-state index in [0.29, 0.717) is 0 Å². The number of nitrogens with zero attached hydrogens (tertiary/aromatic N) is 6. The molecule has 0 amide bonds. The number of hydrogen-bond donors (Lipinski definition) is 0. The molecule has 0 fully saturated rings. The Hall–Kier alpha value is -3.48. The van der Waals surface area contributed by atoms with Crippen LogP contribution in [0.4, 0.5) is 4.39 Å². The summed E-state index contributed by atoms with van der Waals surface area (Å²) < 4.78 is 15.3. The monoisotopic (exact) mass is 358 g/mol. The fourth-order valence-corrected chi connectivity index (χ4v) is 3.80. The Labute approximate surface area is 154 Å². The van der Waals surface area contributed by atoms with E-state index in [9.17, 15) is 4.39 Å². The van der Waals surface area contributed by atoms with Gasteiger partial charge in [0.1, 0.15) is 18.0 Å². The lowest BCUT2D eigenvalue weighted by molar-refractivity contribution is 0.618. The number of benzene rings is 1. The first-order chi connectivity index (χ1) is 13.2. The number of allylic oxidation sites excluding steroid dienone is 1. The molecular weight excluding hydrogens is 343 g/mol. The summed E-state index contributed by atoms with van der Waals surface area (Å²) in [5.41, 5.74) is 2.63. The van der Waals surface area contributed by atoms with Crippen LogP contribution < -0.4 is 10.4 Å². The number of aliphatic imine (C=N–C) groups is 1. The van der Waals surface area contributed by atoms with E-state index in [1.54, 1.807) is 29.2 Å². The molecule has 1 aliphatic carbocycles. The quantitative estimate of drug-likeness (QED) is 0.693. The highest BCUT2D eigenvalue weighted by Gasteiger charge is 2.34. The average molecular weight is 358 g/mol. The third kappa shape index (κ3) is 2.51. The maximum absolute atomic E-state index is 13.5. The Bertz CT molecular complexity index is 1210. The Morgan fingerprint density at radius 2 is 2.00 bits per heavy atom. The van der Waals surface area contributed by atoms with Crippen LogP contribution in [-0.2, 0) is 7.05 Å². The molecule has 3 aromatic rings. The van der Waals surface area contributed by atoms with E-state index in [1.165, 1.54) is 18.5 Å². The van der Waals surface area contributed by atoms with Gasteiger partial charge in [-0.15, -0.1) is 0 Å². The van der Waals surface area contributed by atoms with Gasteiger partial charge in [0.25, 0.3) is 0 Å². The van der Waals surface area contributed by atoms with E-state index in [2.05, 4.69) is 26.4 Å². The molecule has 7 heteroatoms. The standard InChI is InChI=1S/C20H15FN6/c1-27-20(23-11-25-27)18-15(12-4-6-14(21)7-5-12)9-13-10-24-26-16-3-2-8-22-19(18)17(13)16/h2-11,15,18H,1H3. The van der Waals surface area contributed by atoms with E-state index in [-0.39, 0.29) is 17.7 Å². The van der Waals surface area contributed by atoms with Crippen molar-refractivity contribution in [3.05, 3.63) is 76.2 Å². The van der Waals surface area contributed by atoms with Crippen molar-refractivity contribution >= 4 is 24.1 Å². The summed E-state index contributed by atoms with van der Waals surface area (Å²) in [7, 11) is 1.87. The van der Waals surface area contributed by atoms with Gasteiger partial charge in [0.15, 0.2) is 0 Å². The predicted molar refractivity (Wildman–Crippen MR) is 99.6 cm³/mol. The van der Waals surface area contributed by atoms with E-state index >= 15 is 0 Å². The number of hydrogen-bond acceptors (Lipinski definition) is 5. The lowest BCUT2D eigenvalue weighted by Gasteiger charge is -2.28. The highest BCUT2D eigenvalue weighted by molar-refractivity contribution is 5.85. The minimum absolute atomic E-state index is 0.0803. The number of halogens is 1. The van der Waals surface area contributed by atoms with Crippen molar-refractivity contribution < 1.29 is 4.39 Å². The van der Waals surface area contributed by atoms with Gasteiger partial charge in [-0.25, -0.2) is 9.37 Å². The molecule has 1 aromatic carbocycles. The second-order valence-electron chi connectivity index (χ2n) is 6.55. The van der Waals surface area contributed by atoms with Crippen LogP contribution in [0.25, 0.3) is 17.8 Å². The van der Waals surface area contributed by atoms with Gasteiger partial charge in [-0.2, -0.15) is 15.3 Å². The van der Waals surface area contributed by atoms with Crippen LogP contribution in [0.1, 0.15) is 28.9 Å². The fraction of sp³-hybridized carbons (Fsp3) is 0.150. The van der Waals surface area contributed by atoms with Gasteiger partial charge in [-0.3, -0.25) is 9.67 Å². The van der Waals surface area contributed by atoms with Crippen molar-refractivity contribution in [1.29, 1.82) is 0 Å². The van der Waals surface area contributed by atoms with Crippen molar-refractivity contribution in [3.8, 4) is 0 Å². The van der Waals surface area contributed by atoms with E-state index < -0.39 is 0 Å². The molecule has 6 nitrogen and oxygen atoms in total. The molecule has 5 rings (SSSR count). The SMILES string of the molecule is Cn1ncnc1C1C2=c3c(nncc3=CC1c1ccc(F)cc1)C=CC=N2. The Morgan fingerprint density at radius 3 is 2.78 bits per heavy atom. The maximum Gasteiger partial charge on any atom is 0.138 e. The van der Waals surface area contributed by atoms with Gasteiger partial charge in [0, 0.05) is 29.6 Å². The first kappa shape index (κ1) is 15.7. The Morgan fingerprint density at radius 1 is 1.15 bits per heavy atom. The molecule has 3 heterocycles. The van der Waals surface area contributed by atoms with E-state index in [4.69, 9.17) is 4.99 Å². The summed E-state index contributed by atoms with van der Waals surface area (Å²) >= 11 is 0. The van der Waals surface area contributed by atoms with Gasteiger partial charge in [0.2, 0.25) is 0 Å². The van der Waals surface area contributed by atoms with Gasteiger partial charge in [0.05, 0.1) is 23.5 Å². The van der Waals surface area contributed by atoms with Crippen LogP contribution in [-0.4, -0.2) is 31.2 Å². The third-order valence-corrected chi connectivity index (χ3v) is 5.01. The summed E-state index contributed by atoms with van der Waals surface area (Å²) in [6.45, 7) is 0. The zero-order valence-corrected chi connectivity index (χ0v) is 14.5. The topological polar surface area (TPSA) is 68.8 Å². The number of aryl methyl sites for hydroxylation is 1. The van der Waals surface area contributed by atoms with Crippen LogP contribution in [0.15, 0.2) is 47.9 Å². The van der Waals surface area contributed by atoms with Gasteiger partial charge >= 0.3 is 0 Å². The highest BCUT2D eigenvalue weighted by atomic mass is 19.1. The van der Waals surface area contributed by atoms with Crippen molar-refractivity contribution in [3.63, 3.8) is 0 Å². The first-order valence-corrected chi connectivity index (χ1v) is 8.60. The molecule has 27 heavy (non-hydrogen) atoms. The van der Waals surface area contributed by atoms with Crippen LogP contribution in [0.5, 0.6) is 0 Å². The summed E-state index contributed by atoms with van der Waals surface area (Å²) in [6.07, 6.45) is 10.9. The summed E-state index contributed by atoms with van der Waals surface area (Å²) in [4.78, 5) is 9.22. The van der Waals surface area contributed by atoms with Crippen molar-refractivity contribution in [2.75, 3.05) is 0 Å². The lowest BCUT2D eigenvalue weighted by Crippen LogP contribution is -2.38. The Kier molecular flexibility index (Phi) is 3.53. The smallest absolute Gasteiger partial charge is 0.138 e. The largest absolute Gasteiger partial charge is 0.260 e. The van der Waals surface area contributed by atoms with Crippen LogP contribution in [0, 0.1) is 5.82 Å². The normalized spacial score (nSPS) is 20.1. The van der Waals surface area contributed by atoms with Crippen LogP contribution in [0.3, 0.4) is 0 Å². The molecule has 2 unspecified atom stereocenters. The molecule has 0 spiro atoms. The minimum atomic E-state index is -0.261. The Balaban J connectivity index is 1.84. The van der Waals surface area contributed by atoms with Gasteiger partial charge in [-0.05, 0) is 29.8 Å². The average Bonchev–Trinajstić information content (AvgIpc) is 2.98. The third-order valence-electron chi connectivity index (χ3n) is 5.01. The molecule has 0 bridgehead atoms. The van der Waals surface area contributed by atoms with Crippen LogP contribution >= 0.6 is 0 Å². The minimum Gasteiger partial charge on any atom is -0.260 e. The lowest BCUT2D eigenvalue weighted by atomic mass is 9.79. The molecule has 0 radical (unpaired) electrons. The van der Waals surface area contributed by atoms with Gasteiger partial charge < -0.3 is 0 Å². The van der Waals surface area contributed by atoms with Crippen molar-refractivity contribution in [2.45, 2.75) is 11.8 Å². The second-order valence-corrected chi connectivity index (χ2v) is 6.55. The highest BCUT2D eigenvalue weighted by Crippen LogP contribution is 2.40. The molecule has 0 saturated carbocycles. The number of rotatable bonds is 2. The van der Waals surface area contributed by atoms with Gasteiger partial charge in [-0.1, -0.05) is 18.2 Å². The van der Waals surface area contributed by atoms with E-state index in [0.717, 1.165) is 33.2 Å². The zero-order chi connectivity index (χ0) is 18.4. The van der Waals surface area contributed by atoms with Crippen LogP contribution in [0.2, 0.25) is 0 Å². The molecule has 0 N–H and O–H groups in total. The molecular formula is C20H15FN6. The molecule has 2 atom stereocenters. The summed E-state index contributed by atoms with van der Waals surface area (Å²) in [6, 6.07) is 6.57. The maximum atomic E-state index is 13.5. The fourth-order valence-electron chi connectivity index (χ4n) is 3.80. The molecule has 1 aliphatic heterocycles. The number of aromatic nitrogens is 5. The zero-order valence-electron chi connectivity index (χ0n) is 14.5. The molecule has 0 saturated heterocycles. The predicted octanol–water partition coefficient (Wildman–Crippen LogP) is 1.31. The second kappa shape index (κ2) is 6.05. The summed E-state index contributed by atoms with van der Waals surface area (Å²) in [5, 5.41) is 14.6. The first-order valence-electron chi connectivity index (χ1n) is 8.60. The van der Waals surface area contributed by atoms with Crippen molar-refractivity contribution in [1.82, 2.24) is 25.0 Å². The summed E-state index contributed by atoms with van der Waals surface area (Å²) in [5.74, 6) is 0.281.